The maximum absolute atomic E-state index is 14.3. The van der Waals surface area contributed by atoms with Crippen molar-refractivity contribution in [3.8, 4) is 11.1 Å². The summed E-state index contributed by atoms with van der Waals surface area (Å²) in [6.07, 6.45) is 3.62. The van der Waals surface area contributed by atoms with Crippen LogP contribution in [-0.4, -0.2) is 45.8 Å². The molecule has 0 saturated carbocycles. The van der Waals surface area contributed by atoms with Crippen LogP contribution in [0.25, 0.3) is 11.1 Å². The van der Waals surface area contributed by atoms with Crippen molar-refractivity contribution in [3.05, 3.63) is 65.6 Å². The van der Waals surface area contributed by atoms with Gasteiger partial charge in [-0.2, -0.15) is 5.10 Å². The molecule has 3 heterocycles. The number of benzene rings is 1. The van der Waals surface area contributed by atoms with Crippen LogP contribution < -0.4 is 4.90 Å². The van der Waals surface area contributed by atoms with E-state index in [1.807, 2.05) is 17.9 Å². The minimum Gasteiger partial charge on any atom is -0.354 e. The van der Waals surface area contributed by atoms with Crippen LogP contribution >= 0.6 is 12.4 Å². The summed E-state index contributed by atoms with van der Waals surface area (Å²) in [7, 11) is 1.95. The average molecular weight is 420 g/mol. The van der Waals surface area contributed by atoms with Crippen LogP contribution in [0.5, 0.6) is 0 Å². The van der Waals surface area contributed by atoms with Gasteiger partial charge in [0.1, 0.15) is 17.5 Å². The number of hydrogen-bond donors (Lipinski definition) is 0. The molecule has 0 spiro atoms. The molecule has 5 nitrogen and oxygen atoms in total. The van der Waals surface area contributed by atoms with Crippen LogP contribution in [-0.2, 0) is 13.6 Å². The zero-order chi connectivity index (χ0) is 19.7. The second-order valence-electron chi connectivity index (χ2n) is 7.14. The molecule has 29 heavy (non-hydrogen) atoms. The first-order chi connectivity index (χ1) is 13.5. The van der Waals surface area contributed by atoms with Gasteiger partial charge in [0.05, 0.1) is 6.20 Å². The van der Waals surface area contributed by atoms with Crippen molar-refractivity contribution in [2.75, 3.05) is 31.1 Å². The lowest BCUT2D eigenvalue weighted by Gasteiger charge is -2.36. The Morgan fingerprint density at radius 2 is 1.79 bits per heavy atom. The van der Waals surface area contributed by atoms with E-state index in [-0.39, 0.29) is 18.0 Å². The van der Waals surface area contributed by atoms with Gasteiger partial charge in [-0.25, -0.2) is 13.8 Å². The number of hydrogen-bond acceptors (Lipinski definition) is 4. The maximum Gasteiger partial charge on any atom is 0.136 e. The number of aryl methyl sites for hydroxylation is 1. The lowest BCUT2D eigenvalue weighted by molar-refractivity contribution is 0.249. The molecule has 0 atom stereocenters. The van der Waals surface area contributed by atoms with Gasteiger partial charge in [0.2, 0.25) is 0 Å². The third-order valence-electron chi connectivity index (χ3n) is 5.41. The fourth-order valence-electron chi connectivity index (χ4n) is 3.62. The van der Waals surface area contributed by atoms with Gasteiger partial charge in [0.15, 0.2) is 0 Å². The summed E-state index contributed by atoms with van der Waals surface area (Å²) in [5.41, 5.74) is 3.28. The van der Waals surface area contributed by atoms with Crippen molar-refractivity contribution < 1.29 is 8.78 Å². The highest BCUT2D eigenvalue weighted by atomic mass is 35.5. The first-order valence-corrected chi connectivity index (χ1v) is 9.38. The normalized spacial score (nSPS) is 14.7. The molecule has 0 aliphatic carbocycles. The Morgan fingerprint density at radius 1 is 1.03 bits per heavy atom. The van der Waals surface area contributed by atoms with Gasteiger partial charge in [-0.05, 0) is 37.3 Å². The van der Waals surface area contributed by atoms with Crippen molar-refractivity contribution in [1.82, 2.24) is 19.7 Å². The molecular formula is C21H24ClF2N5. The SMILES string of the molecule is Cc1c(CN2CCN(c3ncccc3-c3cc(F)ccc3F)CC2)cnn1C.Cl. The van der Waals surface area contributed by atoms with Crippen LogP contribution in [0.4, 0.5) is 14.6 Å². The van der Waals surface area contributed by atoms with Gasteiger partial charge < -0.3 is 4.90 Å². The quantitative estimate of drug-likeness (QED) is 0.644. The molecule has 0 N–H and O–H groups in total. The average Bonchev–Trinajstić information content (AvgIpc) is 3.02. The second kappa shape index (κ2) is 8.88. The molecule has 1 fully saturated rings. The Balaban J connectivity index is 0.00000240. The number of piperazine rings is 1. The molecule has 1 aliphatic rings. The molecule has 2 aromatic heterocycles. The minimum absolute atomic E-state index is 0. The minimum atomic E-state index is -0.456. The smallest absolute Gasteiger partial charge is 0.136 e. The van der Waals surface area contributed by atoms with Crippen LogP contribution in [0.3, 0.4) is 0 Å². The Hall–Kier alpha value is -2.51. The van der Waals surface area contributed by atoms with Gasteiger partial charge in [-0.1, -0.05) is 0 Å². The third kappa shape index (κ3) is 4.41. The van der Waals surface area contributed by atoms with E-state index in [1.54, 1.807) is 18.3 Å². The first kappa shape index (κ1) is 21.2. The highest BCUT2D eigenvalue weighted by molar-refractivity contribution is 5.85. The Labute approximate surface area is 175 Å². The van der Waals surface area contributed by atoms with E-state index in [9.17, 15) is 8.78 Å². The second-order valence-corrected chi connectivity index (χ2v) is 7.14. The van der Waals surface area contributed by atoms with Gasteiger partial charge in [0.25, 0.3) is 0 Å². The van der Waals surface area contributed by atoms with E-state index < -0.39 is 11.6 Å². The molecule has 0 unspecified atom stereocenters. The van der Waals surface area contributed by atoms with Crippen molar-refractivity contribution >= 4 is 18.2 Å². The molecular weight excluding hydrogens is 396 g/mol. The summed E-state index contributed by atoms with van der Waals surface area (Å²) < 4.78 is 29.9. The number of aromatic nitrogens is 3. The molecule has 1 aromatic carbocycles. The highest BCUT2D eigenvalue weighted by Gasteiger charge is 2.22. The van der Waals surface area contributed by atoms with Crippen LogP contribution in [0.15, 0.2) is 42.7 Å². The van der Waals surface area contributed by atoms with E-state index in [2.05, 4.69) is 26.8 Å². The zero-order valence-electron chi connectivity index (χ0n) is 16.5. The summed E-state index contributed by atoms with van der Waals surface area (Å²) in [5.74, 6) is -0.201. The summed E-state index contributed by atoms with van der Waals surface area (Å²) in [6.45, 7) is 6.24. The summed E-state index contributed by atoms with van der Waals surface area (Å²) in [4.78, 5) is 9.01. The Kier molecular flexibility index (Phi) is 6.49. The lowest BCUT2D eigenvalue weighted by Crippen LogP contribution is -2.46. The van der Waals surface area contributed by atoms with Gasteiger partial charge in [-0.3, -0.25) is 9.58 Å². The largest absolute Gasteiger partial charge is 0.354 e. The fourth-order valence-corrected chi connectivity index (χ4v) is 3.62. The predicted molar refractivity (Wildman–Crippen MR) is 112 cm³/mol. The van der Waals surface area contributed by atoms with Gasteiger partial charge in [0, 0.05) is 68.4 Å². The number of pyridine rings is 1. The lowest BCUT2D eigenvalue weighted by atomic mass is 10.0. The Bertz CT molecular complexity index is 983. The first-order valence-electron chi connectivity index (χ1n) is 9.38. The van der Waals surface area contributed by atoms with Crippen LogP contribution in [0.2, 0.25) is 0 Å². The van der Waals surface area contributed by atoms with Crippen molar-refractivity contribution in [1.29, 1.82) is 0 Å². The monoisotopic (exact) mass is 419 g/mol. The molecule has 154 valence electrons. The fraction of sp³-hybridized carbons (Fsp3) is 0.333. The molecule has 1 saturated heterocycles. The molecule has 8 heteroatoms. The Morgan fingerprint density at radius 3 is 2.48 bits per heavy atom. The summed E-state index contributed by atoms with van der Waals surface area (Å²) in [5, 5.41) is 4.31. The molecule has 0 amide bonds. The van der Waals surface area contributed by atoms with Crippen LogP contribution in [0, 0.1) is 18.6 Å². The van der Waals surface area contributed by atoms with E-state index in [1.165, 1.54) is 17.3 Å². The standard InChI is InChI=1S/C21H23F2N5.ClH/c1-15-16(13-25-26(15)2)14-27-8-10-28(11-9-27)21-18(4-3-7-24-21)19-12-17(22)5-6-20(19)23;/h3-7,12-13H,8-11,14H2,1-2H3;1H. The third-order valence-corrected chi connectivity index (χ3v) is 5.41. The molecule has 0 radical (unpaired) electrons. The molecule has 4 rings (SSSR count). The summed E-state index contributed by atoms with van der Waals surface area (Å²) >= 11 is 0. The summed E-state index contributed by atoms with van der Waals surface area (Å²) in [6, 6.07) is 7.08. The van der Waals surface area contributed by atoms with Crippen molar-refractivity contribution in [2.24, 2.45) is 7.05 Å². The predicted octanol–water partition coefficient (Wildman–Crippen LogP) is 3.81. The molecule has 3 aromatic rings. The van der Waals surface area contributed by atoms with E-state index >= 15 is 0 Å². The topological polar surface area (TPSA) is 37.2 Å². The molecule has 1 aliphatic heterocycles. The molecule has 0 bridgehead atoms. The van der Waals surface area contributed by atoms with E-state index in [0.717, 1.165) is 44.9 Å². The maximum atomic E-state index is 14.3. The highest BCUT2D eigenvalue weighted by Crippen LogP contribution is 2.32. The van der Waals surface area contributed by atoms with Gasteiger partial charge in [-0.15, -0.1) is 12.4 Å². The number of nitrogens with zero attached hydrogens (tertiary/aromatic N) is 5. The number of anilines is 1. The van der Waals surface area contributed by atoms with Gasteiger partial charge >= 0.3 is 0 Å². The van der Waals surface area contributed by atoms with Crippen LogP contribution in [0.1, 0.15) is 11.3 Å². The number of halogens is 3. The number of rotatable bonds is 4. The van der Waals surface area contributed by atoms with E-state index in [0.29, 0.717) is 11.4 Å². The zero-order valence-corrected chi connectivity index (χ0v) is 17.3. The van der Waals surface area contributed by atoms with E-state index in [4.69, 9.17) is 0 Å². The van der Waals surface area contributed by atoms with Crippen molar-refractivity contribution in [3.63, 3.8) is 0 Å². The van der Waals surface area contributed by atoms with Crippen molar-refractivity contribution in [2.45, 2.75) is 13.5 Å².